The number of rotatable bonds is 4. The molecule has 3 nitrogen and oxygen atoms in total. The first-order valence-electron chi connectivity index (χ1n) is 5.63. The van der Waals surface area contributed by atoms with Gasteiger partial charge in [0.1, 0.15) is 5.75 Å². The van der Waals surface area contributed by atoms with E-state index in [9.17, 15) is 4.79 Å². The first-order valence-corrected chi connectivity index (χ1v) is 5.63. The van der Waals surface area contributed by atoms with Gasteiger partial charge in [0, 0.05) is 5.56 Å². The molecular weight excluding hydrogens is 214 g/mol. The van der Waals surface area contributed by atoms with Crippen LogP contribution in [0.3, 0.4) is 0 Å². The van der Waals surface area contributed by atoms with Crippen LogP contribution in [0.4, 0.5) is 0 Å². The van der Waals surface area contributed by atoms with E-state index >= 15 is 0 Å². The minimum atomic E-state index is -0.144. The van der Waals surface area contributed by atoms with E-state index in [4.69, 9.17) is 10.00 Å². The van der Waals surface area contributed by atoms with Crippen LogP contribution in [0.1, 0.15) is 41.8 Å². The second-order valence-corrected chi connectivity index (χ2v) is 4.36. The average molecular weight is 231 g/mol. The molecule has 1 rings (SSSR count). The van der Waals surface area contributed by atoms with E-state index in [1.54, 1.807) is 12.1 Å². The molecule has 1 aromatic carbocycles. The Morgan fingerprint density at radius 1 is 1.35 bits per heavy atom. The number of carbonyl (C=O) groups is 1. The largest absolute Gasteiger partial charge is 0.490 e. The van der Waals surface area contributed by atoms with Crippen molar-refractivity contribution in [3.05, 3.63) is 28.8 Å². The highest BCUT2D eigenvalue weighted by atomic mass is 16.5. The lowest BCUT2D eigenvalue weighted by Crippen LogP contribution is -2.09. The molecule has 17 heavy (non-hydrogen) atoms. The Hall–Kier alpha value is -1.82. The quantitative estimate of drug-likeness (QED) is 0.748. The van der Waals surface area contributed by atoms with E-state index in [2.05, 4.69) is 0 Å². The van der Waals surface area contributed by atoms with Crippen molar-refractivity contribution >= 4 is 5.78 Å². The SMILES string of the molecule is Cc1cc(C(=O)CC#N)cc(C)c1OC(C)C. The fourth-order valence-corrected chi connectivity index (χ4v) is 1.71. The van der Waals surface area contributed by atoms with Crippen LogP contribution in [0.5, 0.6) is 5.75 Å². The van der Waals surface area contributed by atoms with Crippen LogP contribution in [-0.4, -0.2) is 11.9 Å². The topological polar surface area (TPSA) is 50.1 Å². The summed E-state index contributed by atoms with van der Waals surface area (Å²) in [6.07, 6.45) is 0.0246. The molecular formula is C14H17NO2. The molecule has 0 fully saturated rings. The Bertz CT molecular complexity index is 447. The molecule has 0 atom stereocenters. The summed E-state index contributed by atoms with van der Waals surface area (Å²) in [6.45, 7) is 7.75. The number of nitrogens with zero attached hydrogens (tertiary/aromatic N) is 1. The van der Waals surface area contributed by atoms with Crippen LogP contribution in [-0.2, 0) is 0 Å². The number of aryl methyl sites for hydroxylation is 2. The first kappa shape index (κ1) is 13.2. The minimum Gasteiger partial charge on any atom is -0.490 e. The van der Waals surface area contributed by atoms with Crippen LogP contribution in [0.15, 0.2) is 12.1 Å². The standard InChI is InChI=1S/C14H17NO2/c1-9(2)17-14-10(3)7-12(8-11(14)4)13(16)5-6-15/h7-9H,5H2,1-4H3. The van der Waals surface area contributed by atoms with E-state index in [0.717, 1.165) is 16.9 Å². The molecule has 0 heterocycles. The summed E-state index contributed by atoms with van der Waals surface area (Å²) < 4.78 is 5.69. The third-order valence-electron chi connectivity index (χ3n) is 2.38. The molecule has 90 valence electrons. The van der Waals surface area contributed by atoms with Crippen LogP contribution in [0.25, 0.3) is 0 Å². The van der Waals surface area contributed by atoms with Crippen LogP contribution in [0.2, 0.25) is 0 Å². The van der Waals surface area contributed by atoms with Crippen molar-refractivity contribution in [2.24, 2.45) is 0 Å². The lowest BCUT2D eigenvalue weighted by atomic mass is 10.0. The molecule has 0 unspecified atom stereocenters. The summed E-state index contributed by atoms with van der Waals surface area (Å²) in [4.78, 5) is 11.6. The number of hydrogen-bond acceptors (Lipinski definition) is 3. The fourth-order valence-electron chi connectivity index (χ4n) is 1.71. The van der Waals surface area contributed by atoms with Crippen LogP contribution < -0.4 is 4.74 Å². The first-order chi connectivity index (χ1) is 7.95. The van der Waals surface area contributed by atoms with Crippen molar-refractivity contribution in [1.82, 2.24) is 0 Å². The monoisotopic (exact) mass is 231 g/mol. The summed E-state index contributed by atoms with van der Waals surface area (Å²) in [5.41, 5.74) is 2.44. The zero-order valence-corrected chi connectivity index (χ0v) is 10.7. The van der Waals surface area contributed by atoms with Gasteiger partial charge in [-0.05, 0) is 51.0 Å². The van der Waals surface area contributed by atoms with Crippen molar-refractivity contribution in [3.63, 3.8) is 0 Å². The van der Waals surface area contributed by atoms with Gasteiger partial charge in [0.25, 0.3) is 0 Å². The predicted molar refractivity (Wildman–Crippen MR) is 66.2 cm³/mol. The van der Waals surface area contributed by atoms with Gasteiger partial charge in [-0.1, -0.05) is 0 Å². The Morgan fingerprint density at radius 2 is 1.88 bits per heavy atom. The zero-order valence-electron chi connectivity index (χ0n) is 10.7. The Morgan fingerprint density at radius 3 is 2.29 bits per heavy atom. The molecule has 3 heteroatoms. The molecule has 1 aromatic rings. The number of carbonyl (C=O) groups excluding carboxylic acids is 1. The zero-order chi connectivity index (χ0) is 13.0. The highest BCUT2D eigenvalue weighted by Crippen LogP contribution is 2.26. The highest BCUT2D eigenvalue weighted by molar-refractivity contribution is 5.97. The maximum Gasteiger partial charge on any atom is 0.176 e. The lowest BCUT2D eigenvalue weighted by Gasteiger charge is -2.16. The fraction of sp³-hybridized carbons (Fsp3) is 0.429. The molecule has 0 aliphatic rings. The second kappa shape index (κ2) is 5.49. The van der Waals surface area contributed by atoms with E-state index in [1.165, 1.54) is 0 Å². The Labute approximate surface area is 102 Å². The van der Waals surface area contributed by atoms with Gasteiger partial charge in [-0.25, -0.2) is 0 Å². The minimum absolute atomic E-state index is 0.0801. The van der Waals surface area contributed by atoms with Gasteiger partial charge in [-0.2, -0.15) is 5.26 Å². The second-order valence-electron chi connectivity index (χ2n) is 4.36. The predicted octanol–water partition coefficient (Wildman–Crippen LogP) is 3.19. The molecule has 0 saturated carbocycles. The van der Waals surface area contributed by atoms with Gasteiger partial charge >= 0.3 is 0 Å². The molecule has 0 aromatic heterocycles. The lowest BCUT2D eigenvalue weighted by molar-refractivity contribution is 0.0997. The van der Waals surface area contributed by atoms with Gasteiger partial charge in [0.15, 0.2) is 5.78 Å². The van der Waals surface area contributed by atoms with Gasteiger partial charge < -0.3 is 4.74 Å². The normalized spacial score (nSPS) is 10.1. The highest BCUT2D eigenvalue weighted by Gasteiger charge is 2.12. The van der Waals surface area contributed by atoms with Gasteiger partial charge in [0.2, 0.25) is 0 Å². The molecule has 0 bridgehead atoms. The number of benzene rings is 1. The third kappa shape index (κ3) is 3.32. The van der Waals surface area contributed by atoms with Crippen molar-refractivity contribution in [3.8, 4) is 11.8 Å². The maximum absolute atomic E-state index is 11.6. The molecule has 0 spiro atoms. The molecule has 0 saturated heterocycles. The van der Waals surface area contributed by atoms with Crippen LogP contribution >= 0.6 is 0 Å². The summed E-state index contributed by atoms with van der Waals surface area (Å²) in [6, 6.07) is 5.44. The number of nitriles is 1. The number of ether oxygens (including phenoxy) is 1. The maximum atomic E-state index is 11.6. The number of Topliss-reactive ketones (excluding diaryl/α,β-unsaturated/α-hetero) is 1. The number of ketones is 1. The van der Waals surface area contributed by atoms with Gasteiger partial charge in [-0.3, -0.25) is 4.79 Å². The molecule has 0 N–H and O–H groups in total. The van der Waals surface area contributed by atoms with Crippen molar-refractivity contribution < 1.29 is 9.53 Å². The Kier molecular flexibility index (Phi) is 4.28. The summed E-state index contributed by atoms with van der Waals surface area (Å²) in [5, 5.41) is 8.51. The van der Waals surface area contributed by atoms with E-state index in [-0.39, 0.29) is 18.3 Å². The summed E-state index contributed by atoms with van der Waals surface area (Å²) in [5.74, 6) is 0.684. The number of hydrogen-bond donors (Lipinski definition) is 0. The molecule has 0 aliphatic carbocycles. The summed E-state index contributed by atoms with van der Waals surface area (Å²) in [7, 11) is 0. The third-order valence-corrected chi connectivity index (χ3v) is 2.38. The van der Waals surface area contributed by atoms with E-state index < -0.39 is 0 Å². The molecule has 0 radical (unpaired) electrons. The average Bonchev–Trinajstić information content (AvgIpc) is 2.23. The van der Waals surface area contributed by atoms with E-state index in [1.807, 2.05) is 33.8 Å². The molecule has 0 aliphatic heterocycles. The van der Waals surface area contributed by atoms with Crippen molar-refractivity contribution in [2.45, 2.75) is 40.2 Å². The summed E-state index contributed by atoms with van der Waals surface area (Å²) >= 11 is 0. The van der Waals surface area contributed by atoms with Crippen molar-refractivity contribution in [2.75, 3.05) is 0 Å². The van der Waals surface area contributed by atoms with Crippen LogP contribution in [0, 0.1) is 25.2 Å². The van der Waals surface area contributed by atoms with Gasteiger partial charge in [-0.15, -0.1) is 0 Å². The smallest absolute Gasteiger partial charge is 0.176 e. The van der Waals surface area contributed by atoms with Crippen molar-refractivity contribution in [1.29, 1.82) is 5.26 Å². The van der Waals surface area contributed by atoms with E-state index in [0.29, 0.717) is 5.56 Å². The Balaban J connectivity index is 3.10. The molecule has 0 amide bonds. The van der Waals surface area contributed by atoms with Gasteiger partial charge in [0.05, 0.1) is 18.6 Å².